The van der Waals surface area contributed by atoms with E-state index < -0.39 is 0 Å². The van der Waals surface area contributed by atoms with Gasteiger partial charge in [0.15, 0.2) is 0 Å². The number of nitrogen functional groups attached to an aromatic ring is 1. The van der Waals surface area contributed by atoms with Crippen LogP contribution in [0.15, 0.2) is 6.07 Å². The van der Waals surface area contributed by atoms with Crippen LogP contribution in [-0.4, -0.2) is 16.0 Å². The minimum Gasteiger partial charge on any atom is -0.384 e. The maximum absolute atomic E-state index is 5.80. The molecule has 0 saturated heterocycles. The number of aryl methyl sites for hydroxylation is 1. The maximum atomic E-state index is 5.80. The van der Waals surface area contributed by atoms with E-state index in [0.717, 1.165) is 24.0 Å². The molecule has 100 valence electrons. The molecular weight excluding hydrogens is 224 g/mol. The maximum Gasteiger partial charge on any atom is 0.132 e. The summed E-state index contributed by atoms with van der Waals surface area (Å²) in [6.45, 7) is 4.33. The number of nitrogens with zero attached hydrogens (tertiary/aromatic N) is 2. The first-order valence-corrected chi connectivity index (χ1v) is 7.11. The standard InChI is InChI=1S/C14H24N4/c1-3-10-6-5-7-11(8-10)16-14-9-12(15)17-13(4-2)18-14/h9-11H,3-8H2,1-2H3,(H3,15,16,17,18). The fourth-order valence-corrected chi connectivity index (χ4v) is 2.75. The summed E-state index contributed by atoms with van der Waals surface area (Å²) in [7, 11) is 0. The quantitative estimate of drug-likeness (QED) is 0.859. The van der Waals surface area contributed by atoms with Crippen molar-refractivity contribution in [3.8, 4) is 0 Å². The lowest BCUT2D eigenvalue weighted by atomic mass is 9.84. The molecule has 1 saturated carbocycles. The molecule has 4 heteroatoms. The molecule has 2 atom stereocenters. The first-order valence-electron chi connectivity index (χ1n) is 7.11. The van der Waals surface area contributed by atoms with Gasteiger partial charge in [-0.1, -0.05) is 33.1 Å². The first-order chi connectivity index (χ1) is 8.71. The van der Waals surface area contributed by atoms with E-state index in [9.17, 15) is 0 Å². The highest BCUT2D eigenvalue weighted by Gasteiger charge is 2.20. The lowest BCUT2D eigenvalue weighted by molar-refractivity contribution is 0.327. The van der Waals surface area contributed by atoms with Gasteiger partial charge in [-0.15, -0.1) is 0 Å². The molecule has 2 unspecified atom stereocenters. The van der Waals surface area contributed by atoms with Gasteiger partial charge in [-0.05, 0) is 18.8 Å². The normalized spacial score (nSPS) is 23.9. The van der Waals surface area contributed by atoms with Gasteiger partial charge in [0.1, 0.15) is 17.5 Å². The molecule has 0 bridgehead atoms. The van der Waals surface area contributed by atoms with Crippen molar-refractivity contribution in [3.05, 3.63) is 11.9 Å². The summed E-state index contributed by atoms with van der Waals surface area (Å²) < 4.78 is 0. The molecule has 2 rings (SSSR count). The topological polar surface area (TPSA) is 63.8 Å². The van der Waals surface area contributed by atoms with E-state index in [1.54, 1.807) is 0 Å². The van der Waals surface area contributed by atoms with Crippen molar-refractivity contribution < 1.29 is 0 Å². The van der Waals surface area contributed by atoms with Crippen molar-refractivity contribution in [1.82, 2.24) is 9.97 Å². The van der Waals surface area contributed by atoms with E-state index in [2.05, 4.69) is 22.2 Å². The van der Waals surface area contributed by atoms with Crippen LogP contribution in [-0.2, 0) is 6.42 Å². The summed E-state index contributed by atoms with van der Waals surface area (Å²) in [5.41, 5.74) is 5.80. The van der Waals surface area contributed by atoms with Gasteiger partial charge < -0.3 is 11.1 Å². The van der Waals surface area contributed by atoms with E-state index in [0.29, 0.717) is 11.9 Å². The predicted molar refractivity (Wildman–Crippen MR) is 75.5 cm³/mol. The Kier molecular flexibility index (Phi) is 4.39. The van der Waals surface area contributed by atoms with E-state index in [1.165, 1.54) is 32.1 Å². The molecule has 0 aromatic carbocycles. The van der Waals surface area contributed by atoms with Crippen molar-refractivity contribution in [3.63, 3.8) is 0 Å². The van der Waals surface area contributed by atoms with Crippen molar-refractivity contribution in [1.29, 1.82) is 0 Å². The van der Waals surface area contributed by atoms with Crippen LogP contribution >= 0.6 is 0 Å². The monoisotopic (exact) mass is 248 g/mol. The Morgan fingerprint density at radius 3 is 2.89 bits per heavy atom. The average Bonchev–Trinajstić information content (AvgIpc) is 2.38. The van der Waals surface area contributed by atoms with E-state index >= 15 is 0 Å². The highest BCUT2D eigenvalue weighted by molar-refractivity contribution is 5.45. The zero-order chi connectivity index (χ0) is 13.0. The summed E-state index contributed by atoms with van der Waals surface area (Å²) in [6.07, 6.45) is 7.29. The van der Waals surface area contributed by atoms with Crippen molar-refractivity contribution in [2.45, 2.75) is 58.4 Å². The van der Waals surface area contributed by atoms with Crippen molar-refractivity contribution >= 4 is 11.6 Å². The summed E-state index contributed by atoms with van der Waals surface area (Å²) in [5.74, 6) is 3.13. The van der Waals surface area contributed by atoms with Crippen LogP contribution in [0.3, 0.4) is 0 Å². The molecule has 1 heterocycles. The van der Waals surface area contributed by atoms with Crippen LogP contribution in [0.5, 0.6) is 0 Å². The number of aromatic nitrogens is 2. The van der Waals surface area contributed by atoms with Gasteiger partial charge in [-0.3, -0.25) is 0 Å². The Morgan fingerprint density at radius 1 is 1.33 bits per heavy atom. The number of rotatable bonds is 4. The predicted octanol–water partition coefficient (Wildman–Crippen LogP) is 3.00. The Labute approximate surface area is 109 Å². The molecule has 4 nitrogen and oxygen atoms in total. The highest BCUT2D eigenvalue weighted by atomic mass is 15.1. The number of hydrogen-bond acceptors (Lipinski definition) is 4. The summed E-state index contributed by atoms with van der Waals surface area (Å²) in [6, 6.07) is 2.39. The van der Waals surface area contributed by atoms with Crippen LogP contribution in [0.4, 0.5) is 11.6 Å². The van der Waals surface area contributed by atoms with Crippen molar-refractivity contribution in [2.24, 2.45) is 5.92 Å². The minimum atomic E-state index is 0.544. The van der Waals surface area contributed by atoms with Gasteiger partial charge >= 0.3 is 0 Å². The fraction of sp³-hybridized carbons (Fsp3) is 0.714. The zero-order valence-corrected chi connectivity index (χ0v) is 11.4. The molecule has 3 N–H and O–H groups in total. The third-order valence-corrected chi connectivity index (χ3v) is 3.82. The number of anilines is 2. The highest BCUT2D eigenvalue weighted by Crippen LogP contribution is 2.28. The molecule has 1 aliphatic carbocycles. The molecular formula is C14H24N4. The average molecular weight is 248 g/mol. The van der Waals surface area contributed by atoms with E-state index in [-0.39, 0.29) is 0 Å². The summed E-state index contributed by atoms with van der Waals surface area (Å²) >= 11 is 0. The molecule has 18 heavy (non-hydrogen) atoms. The molecule has 1 aromatic heterocycles. The number of hydrogen-bond donors (Lipinski definition) is 2. The zero-order valence-electron chi connectivity index (χ0n) is 11.4. The molecule has 0 radical (unpaired) electrons. The molecule has 0 amide bonds. The van der Waals surface area contributed by atoms with Gasteiger partial charge in [0.05, 0.1) is 0 Å². The van der Waals surface area contributed by atoms with Gasteiger partial charge in [-0.2, -0.15) is 0 Å². The molecule has 0 spiro atoms. The van der Waals surface area contributed by atoms with E-state index in [1.807, 2.05) is 13.0 Å². The smallest absolute Gasteiger partial charge is 0.132 e. The van der Waals surface area contributed by atoms with Gasteiger partial charge in [0, 0.05) is 18.5 Å². The Balaban J connectivity index is 2.02. The van der Waals surface area contributed by atoms with Gasteiger partial charge in [0.25, 0.3) is 0 Å². The second-order valence-electron chi connectivity index (χ2n) is 5.23. The van der Waals surface area contributed by atoms with Crippen LogP contribution in [0, 0.1) is 5.92 Å². The third kappa shape index (κ3) is 3.34. The first kappa shape index (κ1) is 13.1. The third-order valence-electron chi connectivity index (χ3n) is 3.82. The molecule has 1 aromatic rings. The van der Waals surface area contributed by atoms with Gasteiger partial charge in [0.2, 0.25) is 0 Å². The van der Waals surface area contributed by atoms with Gasteiger partial charge in [-0.25, -0.2) is 9.97 Å². The van der Waals surface area contributed by atoms with E-state index in [4.69, 9.17) is 5.73 Å². The minimum absolute atomic E-state index is 0.544. The number of nitrogens with two attached hydrogens (primary N) is 1. The summed E-state index contributed by atoms with van der Waals surface area (Å²) in [4.78, 5) is 8.70. The van der Waals surface area contributed by atoms with Crippen LogP contribution in [0.25, 0.3) is 0 Å². The molecule has 0 aliphatic heterocycles. The van der Waals surface area contributed by atoms with Crippen LogP contribution in [0.2, 0.25) is 0 Å². The van der Waals surface area contributed by atoms with Crippen LogP contribution < -0.4 is 11.1 Å². The molecule has 1 aliphatic rings. The Bertz CT molecular complexity index is 391. The second-order valence-corrected chi connectivity index (χ2v) is 5.23. The molecule has 1 fully saturated rings. The lowest BCUT2D eigenvalue weighted by Gasteiger charge is -2.29. The fourth-order valence-electron chi connectivity index (χ4n) is 2.75. The second kappa shape index (κ2) is 6.03. The Hall–Kier alpha value is -1.32. The Morgan fingerprint density at radius 2 is 2.17 bits per heavy atom. The summed E-state index contributed by atoms with van der Waals surface area (Å²) in [5, 5.41) is 3.53. The lowest BCUT2D eigenvalue weighted by Crippen LogP contribution is -2.27. The van der Waals surface area contributed by atoms with Crippen molar-refractivity contribution in [2.75, 3.05) is 11.1 Å². The SMILES string of the molecule is CCc1nc(N)cc(NC2CCCC(CC)C2)n1. The largest absolute Gasteiger partial charge is 0.384 e. The van der Waals surface area contributed by atoms with Crippen LogP contribution in [0.1, 0.15) is 51.8 Å². The number of nitrogens with one attached hydrogen (secondary N) is 1.